The highest BCUT2D eigenvalue weighted by Gasteiger charge is 2.34. The Morgan fingerprint density at radius 1 is 1.12 bits per heavy atom. The van der Waals surface area contributed by atoms with E-state index in [2.05, 4.69) is 23.4 Å². The summed E-state index contributed by atoms with van der Waals surface area (Å²) >= 11 is 0. The fraction of sp³-hybridized carbons (Fsp3) is 0.300. The molecule has 0 N–H and O–H groups in total. The van der Waals surface area contributed by atoms with E-state index in [1.807, 2.05) is 48.3 Å². The zero-order valence-electron chi connectivity index (χ0n) is 13.7. The van der Waals surface area contributed by atoms with Crippen LogP contribution in [0, 0.1) is 0 Å². The zero-order valence-corrected chi connectivity index (χ0v) is 13.7. The van der Waals surface area contributed by atoms with Gasteiger partial charge in [0.2, 0.25) is 0 Å². The highest BCUT2D eigenvalue weighted by atomic mass is 16.6. The van der Waals surface area contributed by atoms with Crippen LogP contribution in [0.2, 0.25) is 0 Å². The molecule has 1 aliphatic heterocycles. The number of nitrogens with zero attached hydrogens (tertiary/aromatic N) is 2. The molecule has 0 bridgehead atoms. The Bertz CT molecular complexity index is 785. The highest BCUT2D eigenvalue weighted by Crippen LogP contribution is 2.36. The predicted octanol–water partition coefficient (Wildman–Crippen LogP) is 3.65. The summed E-state index contributed by atoms with van der Waals surface area (Å²) in [4.78, 5) is 20.2. The highest BCUT2D eigenvalue weighted by molar-refractivity contribution is 6.39. The van der Waals surface area contributed by atoms with Gasteiger partial charge in [-0.3, -0.25) is 4.79 Å². The molecule has 2 aliphatic rings. The molecule has 1 heterocycles. The Balaban J connectivity index is 1.47. The van der Waals surface area contributed by atoms with Crippen molar-refractivity contribution in [3.63, 3.8) is 0 Å². The van der Waals surface area contributed by atoms with Gasteiger partial charge in [0.1, 0.15) is 5.71 Å². The summed E-state index contributed by atoms with van der Waals surface area (Å²) in [6.45, 7) is 0. The summed E-state index contributed by atoms with van der Waals surface area (Å²) < 4.78 is 0. The topological polar surface area (TPSA) is 41.9 Å². The minimum atomic E-state index is -0.158. The predicted molar refractivity (Wildman–Crippen MR) is 92.6 cm³/mol. The third-order valence-corrected chi connectivity index (χ3v) is 4.98. The normalized spacial score (nSPS) is 21.8. The molecule has 0 spiro atoms. The molecule has 1 aliphatic carbocycles. The first-order valence-electron chi connectivity index (χ1n) is 8.36. The van der Waals surface area contributed by atoms with E-state index in [1.165, 1.54) is 11.1 Å². The zero-order chi connectivity index (χ0) is 16.5. The van der Waals surface area contributed by atoms with Gasteiger partial charge in [-0.15, -0.1) is 0 Å². The summed E-state index contributed by atoms with van der Waals surface area (Å²) in [6, 6.07) is 18.4. The number of fused-ring (bicyclic) bond motifs is 1. The first kappa shape index (κ1) is 14.9. The molecule has 4 heteroatoms. The largest absolute Gasteiger partial charge is 0.387 e. The van der Waals surface area contributed by atoms with Gasteiger partial charge in [-0.1, -0.05) is 59.8 Å². The number of hydrogen-bond acceptors (Lipinski definition) is 3. The van der Waals surface area contributed by atoms with Crippen LogP contribution >= 0.6 is 0 Å². The molecular formula is C20H20N2O2. The molecule has 0 aromatic heterocycles. The molecule has 0 unspecified atom stereocenters. The van der Waals surface area contributed by atoms with Crippen molar-refractivity contribution in [3.8, 4) is 0 Å². The molecule has 2 aromatic carbocycles. The van der Waals surface area contributed by atoms with E-state index in [0.717, 1.165) is 18.4 Å². The molecule has 4 rings (SSSR count). The second-order valence-corrected chi connectivity index (χ2v) is 6.42. The summed E-state index contributed by atoms with van der Waals surface area (Å²) in [5, 5.41) is 4.07. The van der Waals surface area contributed by atoms with Crippen LogP contribution in [0.15, 0.2) is 59.8 Å². The Morgan fingerprint density at radius 3 is 2.71 bits per heavy atom. The monoisotopic (exact) mass is 320 g/mol. The summed E-state index contributed by atoms with van der Waals surface area (Å²) in [5.74, 6) is -0.0323. The van der Waals surface area contributed by atoms with E-state index in [0.29, 0.717) is 12.1 Å². The van der Waals surface area contributed by atoms with Crippen LogP contribution in [0.3, 0.4) is 0 Å². The molecule has 0 saturated heterocycles. The van der Waals surface area contributed by atoms with E-state index in [9.17, 15) is 4.79 Å². The number of carbonyl (C=O) groups excluding carboxylic acids is 1. The lowest BCUT2D eigenvalue weighted by Gasteiger charge is -2.25. The first-order chi connectivity index (χ1) is 11.7. The van der Waals surface area contributed by atoms with Gasteiger partial charge < -0.3 is 9.74 Å². The summed E-state index contributed by atoms with van der Waals surface area (Å²) in [6.07, 6.45) is 2.36. The van der Waals surface area contributed by atoms with Crippen molar-refractivity contribution in [3.05, 3.63) is 71.3 Å². The maximum atomic E-state index is 12.8. The van der Waals surface area contributed by atoms with Gasteiger partial charge in [-0.2, -0.15) is 0 Å². The molecule has 0 fully saturated rings. The van der Waals surface area contributed by atoms with Crippen molar-refractivity contribution in [2.45, 2.75) is 31.4 Å². The van der Waals surface area contributed by atoms with Gasteiger partial charge in [0, 0.05) is 13.5 Å². The van der Waals surface area contributed by atoms with Crippen LogP contribution in [-0.2, 0) is 16.1 Å². The Kier molecular flexibility index (Phi) is 3.81. The van der Waals surface area contributed by atoms with Crippen molar-refractivity contribution in [1.29, 1.82) is 0 Å². The van der Waals surface area contributed by atoms with Crippen LogP contribution in [0.5, 0.6) is 0 Å². The van der Waals surface area contributed by atoms with Crippen LogP contribution < -0.4 is 0 Å². The van der Waals surface area contributed by atoms with E-state index in [-0.39, 0.29) is 18.1 Å². The number of amides is 1. The van der Waals surface area contributed by atoms with Gasteiger partial charge in [-0.05, 0) is 29.5 Å². The average molecular weight is 320 g/mol. The number of rotatable bonds is 3. The fourth-order valence-corrected chi connectivity index (χ4v) is 3.63. The van der Waals surface area contributed by atoms with Crippen molar-refractivity contribution in [1.82, 2.24) is 4.90 Å². The molecule has 4 nitrogen and oxygen atoms in total. The van der Waals surface area contributed by atoms with Crippen molar-refractivity contribution < 1.29 is 9.63 Å². The van der Waals surface area contributed by atoms with Gasteiger partial charge in [-0.25, -0.2) is 0 Å². The number of hydrogen-bond donors (Lipinski definition) is 0. The molecule has 2 atom stereocenters. The van der Waals surface area contributed by atoms with Crippen LogP contribution in [0.4, 0.5) is 0 Å². The maximum Gasteiger partial charge on any atom is 0.272 e. The summed E-state index contributed by atoms with van der Waals surface area (Å²) in [7, 11) is 1.87. The molecule has 1 amide bonds. The Hall–Kier alpha value is -2.62. The van der Waals surface area contributed by atoms with Crippen LogP contribution in [0.25, 0.3) is 0 Å². The van der Waals surface area contributed by atoms with Gasteiger partial charge in [0.05, 0.1) is 6.04 Å². The number of carbonyl (C=O) groups is 1. The number of aryl methyl sites for hydroxylation is 1. The number of benzene rings is 2. The summed E-state index contributed by atoms with van der Waals surface area (Å²) in [5.41, 5.74) is 4.16. The molecule has 0 saturated carbocycles. The van der Waals surface area contributed by atoms with Crippen LogP contribution in [-0.4, -0.2) is 23.6 Å². The lowest BCUT2D eigenvalue weighted by atomic mass is 10.0. The van der Waals surface area contributed by atoms with E-state index in [4.69, 9.17) is 4.84 Å². The smallest absolute Gasteiger partial charge is 0.272 e. The quantitative estimate of drug-likeness (QED) is 0.866. The second kappa shape index (κ2) is 6.11. The van der Waals surface area contributed by atoms with E-state index >= 15 is 0 Å². The molecule has 0 radical (unpaired) electrons. The average Bonchev–Trinajstić information content (AvgIpc) is 3.28. The van der Waals surface area contributed by atoms with Crippen LogP contribution in [0.1, 0.15) is 41.7 Å². The third kappa shape index (κ3) is 2.58. The number of oxime groups is 1. The molecule has 122 valence electrons. The minimum absolute atomic E-state index is 0.0323. The van der Waals surface area contributed by atoms with E-state index < -0.39 is 0 Å². The lowest BCUT2D eigenvalue weighted by Crippen LogP contribution is -2.35. The fourth-order valence-electron chi connectivity index (χ4n) is 3.63. The van der Waals surface area contributed by atoms with Gasteiger partial charge in [0.25, 0.3) is 5.91 Å². The Labute approximate surface area is 141 Å². The van der Waals surface area contributed by atoms with Crippen molar-refractivity contribution >= 4 is 11.6 Å². The van der Waals surface area contributed by atoms with Gasteiger partial charge >= 0.3 is 0 Å². The molecule has 2 aromatic rings. The first-order valence-corrected chi connectivity index (χ1v) is 8.36. The lowest BCUT2D eigenvalue weighted by molar-refractivity contribution is -0.125. The SMILES string of the molecule is CN(C(=O)C1=NO[C@H](c2ccccc2)C1)[C@H]1CCc2ccccc21. The second-order valence-electron chi connectivity index (χ2n) is 6.42. The van der Waals surface area contributed by atoms with E-state index in [1.54, 1.807) is 0 Å². The Morgan fingerprint density at radius 2 is 1.88 bits per heavy atom. The third-order valence-electron chi connectivity index (χ3n) is 4.98. The standard InChI is InChI=1S/C20H20N2O2/c1-22(18-12-11-14-7-5-6-10-16(14)18)20(23)17-13-19(24-21-17)15-8-3-2-4-9-15/h2-10,18-19H,11-13H2,1H3/t18-,19-/m0/s1. The van der Waals surface area contributed by atoms with Gasteiger partial charge in [0.15, 0.2) is 6.10 Å². The van der Waals surface area contributed by atoms with Crippen molar-refractivity contribution in [2.24, 2.45) is 5.16 Å². The minimum Gasteiger partial charge on any atom is -0.387 e. The maximum absolute atomic E-state index is 12.8. The molecule has 24 heavy (non-hydrogen) atoms. The molecular weight excluding hydrogens is 300 g/mol. The van der Waals surface area contributed by atoms with Crippen molar-refractivity contribution in [2.75, 3.05) is 7.05 Å².